The lowest BCUT2D eigenvalue weighted by molar-refractivity contribution is 0.0745. The van der Waals surface area contributed by atoms with Gasteiger partial charge in [0.05, 0.1) is 11.9 Å². The van der Waals surface area contributed by atoms with Gasteiger partial charge in [0.1, 0.15) is 17.5 Å². The Kier molecular flexibility index (Phi) is 7.24. The van der Waals surface area contributed by atoms with Crippen LogP contribution in [0, 0.1) is 11.6 Å². The van der Waals surface area contributed by atoms with Crippen molar-refractivity contribution in [2.75, 3.05) is 41.7 Å². The number of urea groups is 1. The molecule has 1 aliphatic rings. The van der Waals surface area contributed by atoms with Crippen LogP contribution in [0.15, 0.2) is 60.8 Å². The Hall–Kier alpha value is -4.01. The highest BCUT2D eigenvalue weighted by Crippen LogP contribution is 2.20. The molecule has 4 rings (SSSR count). The van der Waals surface area contributed by atoms with E-state index in [9.17, 15) is 18.4 Å². The molecule has 0 saturated carbocycles. The summed E-state index contributed by atoms with van der Waals surface area (Å²) >= 11 is 0. The van der Waals surface area contributed by atoms with Crippen LogP contribution in [-0.4, -0.2) is 48.0 Å². The van der Waals surface area contributed by atoms with Crippen molar-refractivity contribution in [3.63, 3.8) is 0 Å². The fraction of sp³-hybridized carbons (Fsp3) is 0.269. The number of nitrogens with one attached hydrogen (secondary N) is 2. The first kappa shape index (κ1) is 24.1. The lowest BCUT2D eigenvalue weighted by Crippen LogP contribution is -2.49. The summed E-state index contributed by atoms with van der Waals surface area (Å²) in [5, 5.41) is 5.56. The summed E-state index contributed by atoms with van der Waals surface area (Å²) in [6.07, 6.45) is 1.57. The van der Waals surface area contributed by atoms with Gasteiger partial charge in [0.25, 0.3) is 5.91 Å². The first-order valence-electron chi connectivity index (χ1n) is 11.4. The minimum absolute atomic E-state index is 0.00126. The second kappa shape index (κ2) is 10.5. The minimum atomic E-state index is -0.775. The lowest BCUT2D eigenvalue weighted by atomic mass is 10.0. The van der Waals surface area contributed by atoms with Gasteiger partial charge >= 0.3 is 6.03 Å². The number of piperazine rings is 1. The Morgan fingerprint density at radius 3 is 2.03 bits per heavy atom. The predicted octanol–water partition coefficient (Wildman–Crippen LogP) is 5.09. The number of carbonyl (C=O) groups is 2. The number of amides is 3. The first-order chi connectivity index (χ1) is 16.8. The Morgan fingerprint density at radius 1 is 0.857 bits per heavy atom. The van der Waals surface area contributed by atoms with Gasteiger partial charge in [-0.15, -0.1) is 0 Å². The number of halogens is 2. The van der Waals surface area contributed by atoms with Gasteiger partial charge in [-0.1, -0.05) is 26.0 Å². The van der Waals surface area contributed by atoms with E-state index in [1.165, 1.54) is 5.56 Å². The van der Waals surface area contributed by atoms with Gasteiger partial charge in [-0.3, -0.25) is 4.79 Å². The van der Waals surface area contributed by atoms with E-state index in [-0.39, 0.29) is 11.6 Å². The maximum absolute atomic E-state index is 13.4. The van der Waals surface area contributed by atoms with Gasteiger partial charge < -0.3 is 20.4 Å². The Morgan fingerprint density at radius 2 is 1.46 bits per heavy atom. The molecular formula is C26H27F2N5O2. The van der Waals surface area contributed by atoms with E-state index in [1.807, 2.05) is 29.2 Å². The SMILES string of the molecule is CC(C)c1ccc(NC(=O)Nc2ccc(N3CCN(C(=O)c4cc(F)cc(F)c4)CC3)nc2)cc1. The molecule has 3 aromatic rings. The molecule has 2 N–H and O–H groups in total. The number of aromatic nitrogens is 1. The van der Waals surface area contributed by atoms with E-state index in [0.29, 0.717) is 49.3 Å². The topological polar surface area (TPSA) is 77.6 Å². The van der Waals surface area contributed by atoms with E-state index < -0.39 is 17.5 Å². The number of hydrogen-bond donors (Lipinski definition) is 2. The molecule has 1 saturated heterocycles. The summed E-state index contributed by atoms with van der Waals surface area (Å²) in [7, 11) is 0. The van der Waals surface area contributed by atoms with Crippen molar-refractivity contribution in [3.8, 4) is 0 Å². The predicted molar refractivity (Wildman–Crippen MR) is 132 cm³/mol. The molecule has 2 aromatic carbocycles. The van der Waals surface area contributed by atoms with Crippen LogP contribution < -0.4 is 15.5 Å². The Balaban J connectivity index is 1.29. The highest BCUT2D eigenvalue weighted by molar-refractivity contribution is 5.99. The zero-order chi connectivity index (χ0) is 24.9. The van der Waals surface area contributed by atoms with Crippen LogP contribution in [0.2, 0.25) is 0 Å². The number of benzene rings is 2. The molecule has 2 heterocycles. The van der Waals surface area contributed by atoms with Crippen LogP contribution in [0.3, 0.4) is 0 Å². The monoisotopic (exact) mass is 479 g/mol. The van der Waals surface area contributed by atoms with Gasteiger partial charge in [0, 0.05) is 43.5 Å². The molecule has 9 heteroatoms. The van der Waals surface area contributed by atoms with Crippen LogP contribution >= 0.6 is 0 Å². The lowest BCUT2D eigenvalue weighted by Gasteiger charge is -2.35. The maximum Gasteiger partial charge on any atom is 0.323 e. The molecule has 0 aliphatic carbocycles. The van der Waals surface area contributed by atoms with Crippen molar-refractivity contribution in [1.82, 2.24) is 9.88 Å². The van der Waals surface area contributed by atoms with Crippen molar-refractivity contribution in [3.05, 3.63) is 83.6 Å². The van der Waals surface area contributed by atoms with Crippen molar-refractivity contribution in [2.45, 2.75) is 19.8 Å². The molecule has 0 unspecified atom stereocenters. The summed E-state index contributed by atoms with van der Waals surface area (Å²) in [5.74, 6) is -0.821. The van der Waals surface area contributed by atoms with Gasteiger partial charge in [-0.2, -0.15) is 0 Å². The summed E-state index contributed by atoms with van der Waals surface area (Å²) in [6, 6.07) is 13.7. The third-order valence-corrected chi connectivity index (χ3v) is 5.84. The van der Waals surface area contributed by atoms with Crippen LogP contribution in [0.25, 0.3) is 0 Å². The zero-order valence-corrected chi connectivity index (χ0v) is 19.6. The largest absolute Gasteiger partial charge is 0.353 e. The average molecular weight is 480 g/mol. The third-order valence-electron chi connectivity index (χ3n) is 5.84. The highest BCUT2D eigenvalue weighted by atomic mass is 19.1. The number of nitrogens with zero attached hydrogens (tertiary/aromatic N) is 3. The molecule has 182 valence electrons. The molecule has 1 fully saturated rings. The average Bonchev–Trinajstić information content (AvgIpc) is 2.84. The second-order valence-corrected chi connectivity index (χ2v) is 8.70. The molecule has 35 heavy (non-hydrogen) atoms. The number of carbonyl (C=O) groups excluding carboxylic acids is 2. The summed E-state index contributed by atoms with van der Waals surface area (Å²) in [5.41, 5.74) is 2.44. The van der Waals surface area contributed by atoms with Crippen LogP contribution in [-0.2, 0) is 0 Å². The molecular weight excluding hydrogens is 452 g/mol. The maximum atomic E-state index is 13.4. The summed E-state index contributed by atoms with van der Waals surface area (Å²) in [4.78, 5) is 32.9. The van der Waals surface area contributed by atoms with E-state index in [4.69, 9.17) is 0 Å². The minimum Gasteiger partial charge on any atom is -0.353 e. The zero-order valence-electron chi connectivity index (χ0n) is 19.6. The number of anilines is 3. The number of hydrogen-bond acceptors (Lipinski definition) is 4. The van der Waals surface area contributed by atoms with Gasteiger partial charge in [0.2, 0.25) is 0 Å². The molecule has 3 amide bonds. The highest BCUT2D eigenvalue weighted by Gasteiger charge is 2.23. The van der Waals surface area contributed by atoms with Gasteiger partial charge in [0.15, 0.2) is 0 Å². The summed E-state index contributed by atoms with van der Waals surface area (Å²) < 4.78 is 26.9. The smallest absolute Gasteiger partial charge is 0.323 e. The molecule has 7 nitrogen and oxygen atoms in total. The van der Waals surface area contributed by atoms with E-state index in [2.05, 4.69) is 29.5 Å². The van der Waals surface area contributed by atoms with Crippen molar-refractivity contribution < 1.29 is 18.4 Å². The quantitative estimate of drug-likeness (QED) is 0.535. The molecule has 0 radical (unpaired) electrons. The summed E-state index contributed by atoms with van der Waals surface area (Å²) in [6.45, 7) is 6.07. The Labute approximate surface area is 202 Å². The van der Waals surface area contributed by atoms with Crippen molar-refractivity contribution in [2.24, 2.45) is 0 Å². The normalized spacial score (nSPS) is 13.6. The molecule has 1 aromatic heterocycles. The number of rotatable bonds is 5. The van der Waals surface area contributed by atoms with Crippen LogP contribution in [0.1, 0.15) is 35.7 Å². The van der Waals surface area contributed by atoms with Crippen LogP contribution in [0.4, 0.5) is 30.8 Å². The van der Waals surface area contributed by atoms with Crippen LogP contribution in [0.5, 0.6) is 0 Å². The first-order valence-corrected chi connectivity index (χ1v) is 11.4. The molecule has 0 bridgehead atoms. The van der Waals surface area contributed by atoms with Crippen molar-refractivity contribution >= 4 is 29.1 Å². The number of pyridine rings is 1. The second-order valence-electron chi connectivity index (χ2n) is 8.70. The third kappa shape index (κ3) is 6.11. The molecule has 0 spiro atoms. The fourth-order valence-corrected chi connectivity index (χ4v) is 3.89. The van der Waals surface area contributed by atoms with Crippen molar-refractivity contribution in [1.29, 1.82) is 0 Å². The molecule has 1 aliphatic heterocycles. The standard InChI is InChI=1S/C26H27F2N5O2/c1-17(2)18-3-5-22(6-4-18)30-26(35)31-23-7-8-24(29-16-23)32-9-11-33(12-10-32)25(34)19-13-20(27)15-21(28)14-19/h3-8,13-17H,9-12H2,1-2H3,(H2,30,31,35). The van der Waals surface area contributed by atoms with E-state index in [0.717, 1.165) is 18.2 Å². The van der Waals surface area contributed by atoms with Gasteiger partial charge in [-0.05, 0) is 47.9 Å². The molecule has 0 atom stereocenters. The van der Waals surface area contributed by atoms with E-state index >= 15 is 0 Å². The fourth-order valence-electron chi connectivity index (χ4n) is 3.89. The van der Waals surface area contributed by atoms with E-state index in [1.54, 1.807) is 23.2 Å². The van der Waals surface area contributed by atoms with Gasteiger partial charge in [-0.25, -0.2) is 18.6 Å². The Bertz CT molecular complexity index is 1170.